The fraction of sp³-hybridized carbons (Fsp3) is 0.412. The first-order valence-electron chi connectivity index (χ1n) is 7.04. The number of benzene rings is 1. The van der Waals surface area contributed by atoms with E-state index in [0.717, 1.165) is 28.1 Å². The lowest BCUT2D eigenvalue weighted by Gasteiger charge is -2.20. The molecule has 114 valence electrons. The van der Waals surface area contributed by atoms with Gasteiger partial charge in [-0.05, 0) is 67.4 Å². The Morgan fingerprint density at radius 3 is 2.67 bits per heavy atom. The molecule has 0 unspecified atom stereocenters. The van der Waals surface area contributed by atoms with Gasteiger partial charge in [-0.3, -0.25) is 0 Å². The average molecular weight is 352 g/mol. The molecule has 4 heteroatoms. The standard InChI is InChI=1S/C17H22BrNO2/c1-12-5-6-15(14(18)9-12)21-11-16-13(7-8-20-16)10-19-17(2,3)4/h5-9,19H,10-11H2,1-4H3. The molecule has 0 fully saturated rings. The molecule has 0 radical (unpaired) electrons. The van der Waals surface area contributed by atoms with E-state index in [0.29, 0.717) is 6.61 Å². The minimum atomic E-state index is 0.0788. The number of halogens is 1. The molecule has 1 heterocycles. The number of ether oxygens (including phenoxy) is 1. The predicted molar refractivity (Wildman–Crippen MR) is 88.5 cm³/mol. The first kappa shape index (κ1) is 16.1. The van der Waals surface area contributed by atoms with Crippen LogP contribution in [0.2, 0.25) is 0 Å². The highest BCUT2D eigenvalue weighted by Gasteiger charge is 2.13. The predicted octanol–water partition coefficient (Wildman–Crippen LogP) is 4.82. The lowest BCUT2D eigenvalue weighted by Crippen LogP contribution is -2.35. The monoisotopic (exact) mass is 351 g/mol. The number of hydrogen-bond donors (Lipinski definition) is 1. The van der Waals surface area contributed by atoms with Crippen LogP contribution < -0.4 is 10.1 Å². The van der Waals surface area contributed by atoms with Gasteiger partial charge in [0, 0.05) is 17.6 Å². The Hall–Kier alpha value is -1.26. The number of furan rings is 1. The maximum Gasteiger partial charge on any atom is 0.146 e. The minimum Gasteiger partial charge on any atom is -0.484 e. The molecule has 1 aromatic carbocycles. The molecule has 0 aliphatic heterocycles. The zero-order valence-corrected chi connectivity index (χ0v) is 14.6. The van der Waals surface area contributed by atoms with Gasteiger partial charge in [-0.1, -0.05) is 6.07 Å². The molecule has 0 spiro atoms. The van der Waals surface area contributed by atoms with E-state index < -0.39 is 0 Å². The van der Waals surface area contributed by atoms with Crippen LogP contribution >= 0.6 is 15.9 Å². The third-order valence-corrected chi connectivity index (χ3v) is 3.71. The number of hydrogen-bond acceptors (Lipinski definition) is 3. The Balaban J connectivity index is 1.99. The molecule has 0 aliphatic rings. The molecule has 21 heavy (non-hydrogen) atoms. The van der Waals surface area contributed by atoms with E-state index in [1.165, 1.54) is 5.56 Å². The molecule has 0 bridgehead atoms. The molecule has 0 saturated carbocycles. The summed E-state index contributed by atoms with van der Waals surface area (Å²) in [6.45, 7) is 9.69. The van der Waals surface area contributed by atoms with Gasteiger partial charge < -0.3 is 14.5 Å². The largest absolute Gasteiger partial charge is 0.484 e. The van der Waals surface area contributed by atoms with E-state index in [1.54, 1.807) is 6.26 Å². The summed E-state index contributed by atoms with van der Waals surface area (Å²) < 4.78 is 12.3. The maximum atomic E-state index is 5.84. The van der Waals surface area contributed by atoms with Crippen LogP contribution in [0.4, 0.5) is 0 Å². The van der Waals surface area contributed by atoms with Crippen molar-refractivity contribution >= 4 is 15.9 Å². The van der Waals surface area contributed by atoms with E-state index in [1.807, 2.05) is 24.3 Å². The summed E-state index contributed by atoms with van der Waals surface area (Å²) in [6, 6.07) is 8.03. The van der Waals surface area contributed by atoms with Crippen molar-refractivity contribution in [1.29, 1.82) is 0 Å². The molecular formula is C17H22BrNO2. The van der Waals surface area contributed by atoms with Gasteiger partial charge in [0.1, 0.15) is 18.1 Å². The Labute approximate surface area is 134 Å². The van der Waals surface area contributed by atoms with Gasteiger partial charge in [0.15, 0.2) is 0 Å². The summed E-state index contributed by atoms with van der Waals surface area (Å²) in [5.74, 6) is 1.69. The second-order valence-electron chi connectivity index (χ2n) is 6.20. The third kappa shape index (κ3) is 4.90. The smallest absolute Gasteiger partial charge is 0.146 e. The van der Waals surface area contributed by atoms with Crippen LogP contribution in [-0.4, -0.2) is 5.54 Å². The lowest BCUT2D eigenvalue weighted by atomic mass is 10.1. The zero-order valence-electron chi connectivity index (χ0n) is 13.0. The molecule has 0 aliphatic carbocycles. The summed E-state index contributed by atoms with van der Waals surface area (Å²) in [6.07, 6.45) is 1.71. The molecular weight excluding hydrogens is 330 g/mol. The van der Waals surface area contributed by atoms with Crippen molar-refractivity contribution in [3.63, 3.8) is 0 Å². The van der Waals surface area contributed by atoms with Crippen LogP contribution in [0.3, 0.4) is 0 Å². The van der Waals surface area contributed by atoms with Crippen molar-refractivity contribution in [2.45, 2.75) is 46.4 Å². The zero-order chi connectivity index (χ0) is 15.5. The molecule has 1 N–H and O–H groups in total. The van der Waals surface area contributed by atoms with Gasteiger partial charge in [0.05, 0.1) is 10.7 Å². The van der Waals surface area contributed by atoms with Crippen LogP contribution in [0.15, 0.2) is 39.4 Å². The van der Waals surface area contributed by atoms with Crippen molar-refractivity contribution in [2.75, 3.05) is 0 Å². The highest BCUT2D eigenvalue weighted by molar-refractivity contribution is 9.10. The number of nitrogens with one attached hydrogen (secondary N) is 1. The fourth-order valence-corrected chi connectivity index (χ4v) is 2.49. The summed E-state index contributed by atoms with van der Waals surface area (Å²) >= 11 is 3.52. The third-order valence-electron chi connectivity index (χ3n) is 3.09. The summed E-state index contributed by atoms with van der Waals surface area (Å²) in [5.41, 5.74) is 2.41. The van der Waals surface area contributed by atoms with Crippen molar-refractivity contribution in [3.8, 4) is 5.75 Å². The minimum absolute atomic E-state index is 0.0788. The van der Waals surface area contributed by atoms with Crippen molar-refractivity contribution in [2.24, 2.45) is 0 Å². The van der Waals surface area contributed by atoms with Crippen LogP contribution in [0.1, 0.15) is 37.7 Å². The topological polar surface area (TPSA) is 34.4 Å². The first-order valence-corrected chi connectivity index (χ1v) is 7.84. The van der Waals surface area contributed by atoms with Gasteiger partial charge in [0.25, 0.3) is 0 Å². The highest BCUT2D eigenvalue weighted by atomic mass is 79.9. The second kappa shape index (κ2) is 6.67. The van der Waals surface area contributed by atoms with Crippen LogP contribution in [-0.2, 0) is 13.2 Å². The molecule has 0 saturated heterocycles. The molecule has 1 aromatic heterocycles. The Kier molecular flexibility index (Phi) is 5.12. The maximum absolute atomic E-state index is 5.84. The Bertz CT molecular complexity index is 599. The van der Waals surface area contributed by atoms with Crippen LogP contribution in [0.25, 0.3) is 0 Å². The highest BCUT2D eigenvalue weighted by Crippen LogP contribution is 2.27. The van der Waals surface area contributed by atoms with Gasteiger partial charge in [-0.2, -0.15) is 0 Å². The number of rotatable bonds is 5. The van der Waals surface area contributed by atoms with Crippen LogP contribution in [0, 0.1) is 6.92 Å². The summed E-state index contributed by atoms with van der Waals surface area (Å²) in [5, 5.41) is 3.46. The van der Waals surface area contributed by atoms with Crippen molar-refractivity contribution in [1.82, 2.24) is 5.32 Å². The van der Waals surface area contributed by atoms with Gasteiger partial charge >= 0.3 is 0 Å². The fourth-order valence-electron chi connectivity index (χ4n) is 1.88. The van der Waals surface area contributed by atoms with E-state index in [9.17, 15) is 0 Å². The molecule has 2 aromatic rings. The van der Waals surface area contributed by atoms with Crippen molar-refractivity contribution < 1.29 is 9.15 Å². The first-order chi connectivity index (χ1) is 9.85. The van der Waals surface area contributed by atoms with Gasteiger partial charge in [-0.15, -0.1) is 0 Å². The molecule has 3 nitrogen and oxygen atoms in total. The normalized spacial score (nSPS) is 11.7. The summed E-state index contributed by atoms with van der Waals surface area (Å²) in [7, 11) is 0. The molecule has 0 amide bonds. The van der Waals surface area contributed by atoms with Crippen LogP contribution in [0.5, 0.6) is 5.75 Å². The average Bonchev–Trinajstić information content (AvgIpc) is 2.82. The summed E-state index contributed by atoms with van der Waals surface area (Å²) in [4.78, 5) is 0. The second-order valence-corrected chi connectivity index (χ2v) is 7.05. The van der Waals surface area contributed by atoms with E-state index in [4.69, 9.17) is 9.15 Å². The van der Waals surface area contributed by atoms with Gasteiger partial charge in [-0.25, -0.2) is 0 Å². The quantitative estimate of drug-likeness (QED) is 0.838. The Morgan fingerprint density at radius 2 is 2.00 bits per heavy atom. The SMILES string of the molecule is Cc1ccc(OCc2occc2CNC(C)(C)C)c(Br)c1. The van der Waals surface area contributed by atoms with E-state index in [2.05, 4.69) is 48.9 Å². The van der Waals surface area contributed by atoms with E-state index >= 15 is 0 Å². The molecule has 2 rings (SSSR count). The van der Waals surface area contributed by atoms with Gasteiger partial charge in [0.2, 0.25) is 0 Å². The van der Waals surface area contributed by atoms with Crippen molar-refractivity contribution in [3.05, 3.63) is 51.9 Å². The van der Waals surface area contributed by atoms with E-state index in [-0.39, 0.29) is 5.54 Å². The lowest BCUT2D eigenvalue weighted by molar-refractivity contribution is 0.265. The number of aryl methyl sites for hydroxylation is 1. The Morgan fingerprint density at radius 1 is 1.24 bits per heavy atom. The molecule has 0 atom stereocenters.